The van der Waals surface area contributed by atoms with Crippen molar-refractivity contribution in [2.75, 3.05) is 13.2 Å². The van der Waals surface area contributed by atoms with E-state index in [0.717, 1.165) is 13.0 Å². The molecule has 1 N–H and O–H groups in total. The molecule has 1 aliphatic carbocycles. The highest BCUT2D eigenvalue weighted by Gasteiger charge is 2.54. The first-order valence-corrected chi connectivity index (χ1v) is 6.14. The van der Waals surface area contributed by atoms with Crippen LogP contribution in [0.3, 0.4) is 0 Å². The summed E-state index contributed by atoms with van der Waals surface area (Å²) in [7, 11) is 0. The molecule has 1 saturated carbocycles. The minimum absolute atomic E-state index is 0.0753. The number of nitrogens with one attached hydrogen (secondary N) is 1. The van der Waals surface area contributed by atoms with Crippen molar-refractivity contribution < 1.29 is 9.53 Å². The summed E-state index contributed by atoms with van der Waals surface area (Å²) in [5.74, 6) is 0.223. The first-order valence-electron chi connectivity index (χ1n) is 6.14. The molecule has 0 aromatic carbocycles. The summed E-state index contributed by atoms with van der Waals surface area (Å²) in [6.45, 7) is 9.69. The molecule has 16 heavy (non-hydrogen) atoms. The van der Waals surface area contributed by atoms with Crippen LogP contribution in [0, 0.1) is 5.41 Å². The first kappa shape index (κ1) is 11.9. The van der Waals surface area contributed by atoms with E-state index in [1.165, 1.54) is 0 Å². The lowest BCUT2D eigenvalue weighted by molar-refractivity contribution is -0.166. The predicted molar refractivity (Wildman–Crippen MR) is 61.9 cm³/mol. The second-order valence-corrected chi connectivity index (χ2v) is 5.37. The number of amides is 1. The highest BCUT2D eigenvalue weighted by atomic mass is 16.5. The van der Waals surface area contributed by atoms with Crippen molar-refractivity contribution >= 4 is 5.91 Å². The van der Waals surface area contributed by atoms with Gasteiger partial charge in [-0.2, -0.15) is 0 Å². The molecule has 4 nitrogen and oxygen atoms in total. The summed E-state index contributed by atoms with van der Waals surface area (Å²) in [5, 5.41) is 3.19. The number of hydrogen-bond donors (Lipinski definition) is 1. The molecule has 2 fully saturated rings. The number of carbonyl (C=O) groups excluding carboxylic acids is 1. The van der Waals surface area contributed by atoms with Crippen LogP contribution >= 0.6 is 0 Å². The van der Waals surface area contributed by atoms with E-state index < -0.39 is 0 Å². The smallest absolute Gasteiger partial charge is 0.238 e. The lowest BCUT2D eigenvalue weighted by Gasteiger charge is -2.55. The number of rotatable bonds is 3. The van der Waals surface area contributed by atoms with E-state index in [4.69, 9.17) is 4.74 Å². The van der Waals surface area contributed by atoms with Crippen molar-refractivity contribution in [3.05, 3.63) is 0 Å². The zero-order chi connectivity index (χ0) is 11.9. The van der Waals surface area contributed by atoms with Gasteiger partial charge in [0.05, 0.1) is 18.8 Å². The van der Waals surface area contributed by atoms with Gasteiger partial charge in [0.2, 0.25) is 5.91 Å². The Labute approximate surface area is 97.3 Å². The number of ether oxygens (including phenoxy) is 1. The molecule has 92 valence electrons. The fourth-order valence-corrected chi connectivity index (χ4v) is 2.90. The Morgan fingerprint density at radius 3 is 2.69 bits per heavy atom. The molecule has 1 saturated heterocycles. The molecule has 2 rings (SSSR count). The molecule has 2 aliphatic rings. The number of nitrogens with zero attached hydrogens (tertiary/aromatic N) is 1. The van der Waals surface area contributed by atoms with Crippen molar-refractivity contribution in [2.24, 2.45) is 5.41 Å². The quantitative estimate of drug-likeness (QED) is 0.779. The monoisotopic (exact) mass is 226 g/mol. The Morgan fingerprint density at radius 2 is 2.25 bits per heavy atom. The van der Waals surface area contributed by atoms with Gasteiger partial charge in [-0.3, -0.25) is 10.1 Å². The zero-order valence-corrected chi connectivity index (χ0v) is 10.6. The van der Waals surface area contributed by atoms with Crippen molar-refractivity contribution in [2.45, 2.75) is 52.4 Å². The van der Waals surface area contributed by atoms with Gasteiger partial charge in [0.25, 0.3) is 0 Å². The van der Waals surface area contributed by atoms with Crippen molar-refractivity contribution in [1.29, 1.82) is 0 Å². The maximum atomic E-state index is 11.8. The number of carbonyl (C=O) groups is 1. The molecule has 4 heteroatoms. The lowest BCUT2D eigenvalue weighted by atomic mass is 9.63. The fourth-order valence-electron chi connectivity index (χ4n) is 2.90. The van der Waals surface area contributed by atoms with Crippen LogP contribution in [0.1, 0.15) is 34.1 Å². The maximum Gasteiger partial charge on any atom is 0.238 e. The third kappa shape index (κ3) is 1.64. The summed E-state index contributed by atoms with van der Waals surface area (Å²) in [6.07, 6.45) is 1.43. The van der Waals surface area contributed by atoms with Crippen molar-refractivity contribution in [3.63, 3.8) is 0 Å². The van der Waals surface area contributed by atoms with Gasteiger partial charge in [-0.05, 0) is 20.3 Å². The predicted octanol–water partition coefficient (Wildman–Crippen LogP) is 0.968. The van der Waals surface area contributed by atoms with Crippen LogP contribution < -0.4 is 5.32 Å². The molecule has 1 aliphatic heterocycles. The second kappa shape index (κ2) is 4.00. The van der Waals surface area contributed by atoms with Gasteiger partial charge >= 0.3 is 0 Å². The molecule has 3 unspecified atom stereocenters. The molecule has 1 heterocycles. The van der Waals surface area contributed by atoms with Crippen molar-refractivity contribution in [3.8, 4) is 0 Å². The zero-order valence-electron chi connectivity index (χ0n) is 10.6. The van der Waals surface area contributed by atoms with Gasteiger partial charge in [-0.15, -0.1) is 0 Å². The van der Waals surface area contributed by atoms with Crippen LogP contribution in [-0.4, -0.2) is 42.3 Å². The topological polar surface area (TPSA) is 41.6 Å². The second-order valence-electron chi connectivity index (χ2n) is 5.37. The lowest BCUT2D eigenvalue weighted by Crippen LogP contribution is -2.64. The molecule has 0 aromatic rings. The van der Waals surface area contributed by atoms with Crippen LogP contribution in [0.2, 0.25) is 0 Å². The third-order valence-electron chi connectivity index (χ3n) is 4.08. The van der Waals surface area contributed by atoms with E-state index >= 15 is 0 Å². The molecular formula is C12H22N2O2. The Bertz CT molecular complexity index is 291. The van der Waals surface area contributed by atoms with E-state index in [1.807, 2.05) is 11.8 Å². The van der Waals surface area contributed by atoms with Gasteiger partial charge < -0.3 is 9.64 Å². The Hall–Kier alpha value is -0.610. The van der Waals surface area contributed by atoms with Gasteiger partial charge in [0.1, 0.15) is 0 Å². The average Bonchev–Trinajstić information content (AvgIpc) is 2.54. The highest BCUT2D eigenvalue weighted by molar-refractivity contribution is 5.81. The number of hydrogen-bond acceptors (Lipinski definition) is 3. The fraction of sp³-hybridized carbons (Fsp3) is 0.917. The van der Waals surface area contributed by atoms with Crippen LogP contribution in [0.5, 0.6) is 0 Å². The van der Waals surface area contributed by atoms with E-state index in [9.17, 15) is 4.79 Å². The van der Waals surface area contributed by atoms with E-state index in [0.29, 0.717) is 18.7 Å². The van der Waals surface area contributed by atoms with Gasteiger partial charge in [0, 0.05) is 18.1 Å². The SMILES string of the molecule is CCOC1CC(N2C(=O)CNC2C)C1(C)C. The van der Waals surface area contributed by atoms with Gasteiger partial charge in [0.15, 0.2) is 0 Å². The minimum atomic E-state index is 0.0753. The molecule has 3 atom stereocenters. The standard InChI is InChI=1S/C12H22N2O2/c1-5-16-10-6-9(12(10,3)4)14-8(2)13-7-11(14)15/h8-10,13H,5-7H2,1-4H3. The average molecular weight is 226 g/mol. The summed E-state index contributed by atoms with van der Waals surface area (Å²) >= 11 is 0. The normalized spacial score (nSPS) is 37.6. The molecule has 1 amide bonds. The summed E-state index contributed by atoms with van der Waals surface area (Å²) in [4.78, 5) is 13.8. The molecular weight excluding hydrogens is 204 g/mol. The minimum Gasteiger partial charge on any atom is -0.378 e. The Balaban J connectivity index is 2.05. The van der Waals surface area contributed by atoms with Gasteiger partial charge in [-0.25, -0.2) is 0 Å². The van der Waals surface area contributed by atoms with Crippen molar-refractivity contribution in [1.82, 2.24) is 10.2 Å². The molecule has 0 spiro atoms. The Morgan fingerprint density at radius 1 is 1.56 bits per heavy atom. The highest BCUT2D eigenvalue weighted by Crippen LogP contribution is 2.46. The summed E-state index contributed by atoms with van der Waals surface area (Å²) < 4.78 is 5.69. The summed E-state index contributed by atoms with van der Waals surface area (Å²) in [5.41, 5.74) is 0.0753. The summed E-state index contributed by atoms with van der Waals surface area (Å²) in [6, 6.07) is 0.321. The molecule has 0 bridgehead atoms. The van der Waals surface area contributed by atoms with E-state index in [1.54, 1.807) is 0 Å². The molecule has 0 radical (unpaired) electrons. The van der Waals surface area contributed by atoms with E-state index in [-0.39, 0.29) is 17.5 Å². The largest absolute Gasteiger partial charge is 0.378 e. The van der Waals surface area contributed by atoms with E-state index in [2.05, 4.69) is 26.1 Å². The third-order valence-corrected chi connectivity index (χ3v) is 4.08. The molecule has 0 aromatic heterocycles. The van der Waals surface area contributed by atoms with Crippen LogP contribution in [0.15, 0.2) is 0 Å². The van der Waals surface area contributed by atoms with Gasteiger partial charge in [-0.1, -0.05) is 13.8 Å². The first-order chi connectivity index (χ1) is 7.48. The maximum absolute atomic E-state index is 11.8. The van der Waals surface area contributed by atoms with Crippen LogP contribution in [0.4, 0.5) is 0 Å². The Kier molecular flexibility index (Phi) is 2.97. The van der Waals surface area contributed by atoms with Crippen LogP contribution in [0.25, 0.3) is 0 Å². The van der Waals surface area contributed by atoms with Crippen LogP contribution in [-0.2, 0) is 9.53 Å².